The topological polar surface area (TPSA) is 111 Å². The number of aliphatic hydroxyl groups is 1. The molecule has 8 nitrogen and oxygen atoms in total. The number of carbonyl (C=O) groups is 1. The molecule has 11 heteroatoms. The highest BCUT2D eigenvalue weighted by Crippen LogP contribution is 2.48. The molecule has 0 radical (unpaired) electrons. The molecule has 0 amide bonds. The molecule has 2 fully saturated rings. The first kappa shape index (κ1) is 30.0. The minimum atomic E-state index is -1.11. The molecule has 43 heavy (non-hydrogen) atoms. The van der Waals surface area contributed by atoms with Crippen molar-refractivity contribution in [2.24, 2.45) is 0 Å². The monoisotopic (exact) mass is 643 g/mol. The Morgan fingerprint density at radius 3 is 2.35 bits per heavy atom. The fourth-order valence-corrected chi connectivity index (χ4v) is 6.98. The average molecular weight is 645 g/mol. The predicted octanol–water partition coefficient (Wildman–Crippen LogP) is 8.78. The largest absolute Gasteiger partial charge is 0.489 e. The summed E-state index contributed by atoms with van der Waals surface area (Å²) in [5.41, 5.74) is 2.47. The molecule has 226 valence electrons. The SMILES string of the molecule is CC(C)n1nc(C(=O)O)cc1C1CCC(O)(c2ccc(OCc3c(-c4c(Cl)cccc4Cl)noc3C3CC3)cc2Cl)CC1. The van der Waals surface area contributed by atoms with Crippen LogP contribution in [0.5, 0.6) is 5.75 Å². The van der Waals surface area contributed by atoms with Crippen molar-refractivity contribution < 1.29 is 24.3 Å². The highest BCUT2D eigenvalue weighted by Gasteiger charge is 2.38. The summed E-state index contributed by atoms with van der Waals surface area (Å²) in [5.74, 6) is 0.682. The number of aromatic nitrogens is 3. The summed E-state index contributed by atoms with van der Waals surface area (Å²) in [6, 6.07) is 12.4. The Morgan fingerprint density at radius 1 is 1.05 bits per heavy atom. The van der Waals surface area contributed by atoms with Crippen LogP contribution in [0.3, 0.4) is 0 Å². The number of halogens is 3. The Morgan fingerprint density at radius 2 is 1.74 bits per heavy atom. The summed E-state index contributed by atoms with van der Waals surface area (Å²) < 4.78 is 13.7. The lowest BCUT2D eigenvalue weighted by Crippen LogP contribution is -2.32. The first-order valence-electron chi connectivity index (χ1n) is 14.5. The van der Waals surface area contributed by atoms with Crippen molar-refractivity contribution in [3.8, 4) is 17.0 Å². The summed E-state index contributed by atoms with van der Waals surface area (Å²) >= 11 is 19.7. The van der Waals surface area contributed by atoms with E-state index in [9.17, 15) is 15.0 Å². The van der Waals surface area contributed by atoms with Crippen molar-refractivity contribution >= 4 is 40.8 Å². The minimum absolute atomic E-state index is 0.0295. The zero-order valence-corrected chi connectivity index (χ0v) is 26.1. The van der Waals surface area contributed by atoms with E-state index in [0.29, 0.717) is 69.2 Å². The van der Waals surface area contributed by atoms with Crippen LogP contribution in [-0.4, -0.2) is 31.1 Å². The van der Waals surface area contributed by atoms with Crippen LogP contribution < -0.4 is 4.74 Å². The average Bonchev–Trinajstić information content (AvgIpc) is 3.56. The third-order valence-electron chi connectivity index (χ3n) is 8.50. The maximum absolute atomic E-state index is 11.7. The molecule has 0 bridgehead atoms. The third-order valence-corrected chi connectivity index (χ3v) is 9.44. The van der Waals surface area contributed by atoms with Gasteiger partial charge in [-0.1, -0.05) is 52.1 Å². The number of ether oxygens (including phenoxy) is 1. The first-order valence-corrected chi connectivity index (χ1v) is 15.6. The molecule has 0 aliphatic heterocycles. The normalized spacial score (nSPS) is 20.5. The van der Waals surface area contributed by atoms with Gasteiger partial charge in [-0.15, -0.1) is 0 Å². The van der Waals surface area contributed by atoms with E-state index in [2.05, 4.69) is 10.3 Å². The number of aromatic carboxylic acids is 1. The molecule has 0 saturated heterocycles. The number of hydrogen-bond acceptors (Lipinski definition) is 6. The predicted molar refractivity (Wildman–Crippen MR) is 164 cm³/mol. The van der Waals surface area contributed by atoms with Crippen molar-refractivity contribution in [3.63, 3.8) is 0 Å². The summed E-state index contributed by atoms with van der Waals surface area (Å²) in [4.78, 5) is 11.5. The van der Waals surface area contributed by atoms with Gasteiger partial charge in [-0.05, 0) is 82.7 Å². The summed E-state index contributed by atoms with van der Waals surface area (Å²) in [6.07, 6.45) is 4.37. The van der Waals surface area contributed by atoms with Crippen molar-refractivity contribution in [2.75, 3.05) is 0 Å². The van der Waals surface area contributed by atoms with Gasteiger partial charge in [0.25, 0.3) is 0 Å². The Hall–Kier alpha value is -3.04. The van der Waals surface area contributed by atoms with E-state index in [1.807, 2.05) is 26.0 Å². The second kappa shape index (κ2) is 11.8. The first-order chi connectivity index (χ1) is 20.6. The van der Waals surface area contributed by atoms with E-state index >= 15 is 0 Å². The fraction of sp³-hybridized carbons (Fsp3) is 0.406. The summed E-state index contributed by atoms with van der Waals surface area (Å²) in [6.45, 7) is 4.15. The maximum atomic E-state index is 11.7. The van der Waals surface area contributed by atoms with Crippen LogP contribution in [0.1, 0.15) is 103 Å². The van der Waals surface area contributed by atoms with E-state index in [1.54, 1.807) is 35.0 Å². The molecule has 2 aromatic heterocycles. The Bertz CT molecular complexity index is 1650. The van der Waals surface area contributed by atoms with Gasteiger partial charge in [-0.25, -0.2) is 4.79 Å². The van der Waals surface area contributed by atoms with Gasteiger partial charge >= 0.3 is 5.97 Å². The zero-order valence-electron chi connectivity index (χ0n) is 23.8. The lowest BCUT2D eigenvalue weighted by atomic mass is 9.74. The molecule has 2 aliphatic rings. The van der Waals surface area contributed by atoms with Crippen molar-refractivity contribution in [2.45, 2.75) is 82.5 Å². The van der Waals surface area contributed by atoms with Gasteiger partial charge in [-0.2, -0.15) is 5.10 Å². The fourth-order valence-electron chi connectivity index (χ4n) is 6.06. The Labute approximate surface area is 264 Å². The second-order valence-corrected chi connectivity index (χ2v) is 13.0. The zero-order chi connectivity index (χ0) is 30.5. The smallest absolute Gasteiger partial charge is 0.356 e. The van der Waals surface area contributed by atoms with Crippen LogP contribution in [0.4, 0.5) is 0 Å². The van der Waals surface area contributed by atoms with Crippen LogP contribution in [0.25, 0.3) is 11.3 Å². The van der Waals surface area contributed by atoms with Gasteiger partial charge in [0.2, 0.25) is 0 Å². The highest BCUT2D eigenvalue weighted by atomic mass is 35.5. The van der Waals surface area contributed by atoms with Gasteiger partial charge in [-0.3, -0.25) is 4.68 Å². The lowest BCUT2D eigenvalue weighted by molar-refractivity contribution is -0.00634. The molecular formula is C32H32Cl3N3O5. The molecule has 2 saturated carbocycles. The molecule has 0 unspecified atom stereocenters. The molecule has 6 rings (SSSR count). The standard InChI is InChI=1S/C32H32Cl3N3O5/c1-17(2)38-27(15-26(36-38)31(39)40)18-10-12-32(41,13-11-18)22-9-8-20(14-25(22)35)42-16-21-29(37-43-30(21)19-6-7-19)28-23(33)4-3-5-24(28)34/h3-5,8-9,14-15,17-19,41H,6-7,10-13,16H2,1-2H3,(H,39,40). The van der Waals surface area contributed by atoms with E-state index in [0.717, 1.165) is 29.9 Å². The van der Waals surface area contributed by atoms with Gasteiger partial charge in [0, 0.05) is 34.7 Å². The van der Waals surface area contributed by atoms with Crippen LogP contribution in [0.15, 0.2) is 47.0 Å². The Balaban J connectivity index is 1.18. The van der Waals surface area contributed by atoms with Crippen molar-refractivity contribution in [1.29, 1.82) is 0 Å². The number of rotatable bonds is 9. The summed E-state index contributed by atoms with van der Waals surface area (Å²) in [5, 5.41) is 31.1. The van der Waals surface area contributed by atoms with Crippen molar-refractivity contribution in [3.05, 3.63) is 85.8 Å². The van der Waals surface area contributed by atoms with Crippen LogP contribution >= 0.6 is 34.8 Å². The van der Waals surface area contributed by atoms with Gasteiger partial charge in [0.15, 0.2) is 5.69 Å². The van der Waals surface area contributed by atoms with Crippen LogP contribution in [-0.2, 0) is 12.2 Å². The van der Waals surface area contributed by atoms with Crippen LogP contribution in [0, 0.1) is 0 Å². The van der Waals surface area contributed by atoms with Crippen molar-refractivity contribution in [1.82, 2.24) is 14.9 Å². The number of carboxylic acid groups (broad SMARTS) is 1. The number of hydrogen-bond donors (Lipinski definition) is 2. The number of carboxylic acids is 1. The molecule has 0 atom stereocenters. The molecule has 2 aromatic carbocycles. The number of nitrogens with zero attached hydrogens (tertiary/aromatic N) is 3. The molecule has 4 aromatic rings. The Kier molecular flexibility index (Phi) is 8.24. The number of benzene rings is 2. The molecule has 2 N–H and O–H groups in total. The highest BCUT2D eigenvalue weighted by molar-refractivity contribution is 6.39. The van der Waals surface area contributed by atoms with E-state index < -0.39 is 11.6 Å². The molecular weight excluding hydrogens is 613 g/mol. The van der Waals surface area contributed by atoms with E-state index in [4.69, 9.17) is 44.1 Å². The molecule has 2 heterocycles. The van der Waals surface area contributed by atoms with E-state index in [1.165, 1.54) is 0 Å². The van der Waals surface area contributed by atoms with Gasteiger partial charge < -0.3 is 19.5 Å². The summed E-state index contributed by atoms with van der Waals surface area (Å²) in [7, 11) is 0. The lowest BCUT2D eigenvalue weighted by Gasteiger charge is -2.37. The molecule has 2 aliphatic carbocycles. The maximum Gasteiger partial charge on any atom is 0.356 e. The minimum Gasteiger partial charge on any atom is -0.489 e. The van der Waals surface area contributed by atoms with Gasteiger partial charge in [0.1, 0.15) is 23.8 Å². The third kappa shape index (κ3) is 5.90. The molecule has 0 spiro atoms. The van der Waals surface area contributed by atoms with E-state index in [-0.39, 0.29) is 24.3 Å². The van der Waals surface area contributed by atoms with Crippen LogP contribution in [0.2, 0.25) is 15.1 Å². The van der Waals surface area contributed by atoms with Gasteiger partial charge in [0.05, 0.1) is 26.2 Å². The second-order valence-electron chi connectivity index (χ2n) is 11.8. The quantitative estimate of drug-likeness (QED) is 0.187.